The van der Waals surface area contributed by atoms with E-state index in [1.807, 2.05) is 6.92 Å². The van der Waals surface area contributed by atoms with Gasteiger partial charge in [-0.2, -0.15) is 4.37 Å². The number of hydrogen-bond acceptors (Lipinski definition) is 7. The monoisotopic (exact) mass is 313 g/mol. The topological polar surface area (TPSA) is 64.1 Å². The van der Waals surface area contributed by atoms with Crippen molar-refractivity contribution in [3.05, 3.63) is 6.33 Å². The number of hydrogen-bond donors (Lipinski definition) is 1. The van der Waals surface area contributed by atoms with E-state index >= 15 is 0 Å². The number of carbonyl (C=O) groups is 1. The molecule has 5 nitrogen and oxygen atoms in total. The summed E-state index contributed by atoms with van der Waals surface area (Å²) in [7, 11) is 0. The molecular weight excluding hydrogens is 294 g/mol. The first-order valence-electron chi connectivity index (χ1n) is 7.09. The molecule has 1 unspecified atom stereocenters. The zero-order valence-electron chi connectivity index (χ0n) is 11.5. The smallest absolute Gasteiger partial charge is 0.327 e. The summed E-state index contributed by atoms with van der Waals surface area (Å²) >= 11 is 2.99. The number of esters is 1. The first-order chi connectivity index (χ1) is 9.74. The van der Waals surface area contributed by atoms with E-state index in [-0.39, 0.29) is 5.97 Å². The average molecular weight is 313 g/mol. The van der Waals surface area contributed by atoms with E-state index in [4.69, 9.17) is 4.74 Å². The number of nitrogens with zero attached hydrogens (tertiary/aromatic N) is 2. The van der Waals surface area contributed by atoms with Gasteiger partial charge in [0.15, 0.2) is 4.34 Å². The van der Waals surface area contributed by atoms with Crippen molar-refractivity contribution in [2.75, 3.05) is 12.4 Å². The summed E-state index contributed by atoms with van der Waals surface area (Å²) in [5.41, 5.74) is -0.534. The predicted molar refractivity (Wildman–Crippen MR) is 78.9 cm³/mol. The molecule has 20 heavy (non-hydrogen) atoms. The molecule has 2 saturated carbocycles. The number of aromatic nitrogens is 2. The molecule has 1 N–H and O–H groups in total. The molecule has 0 bridgehead atoms. The second kappa shape index (κ2) is 5.99. The van der Waals surface area contributed by atoms with E-state index in [1.54, 1.807) is 18.1 Å². The lowest BCUT2D eigenvalue weighted by Crippen LogP contribution is -2.58. The Bertz CT molecular complexity index is 460. The Labute approximate surface area is 127 Å². The van der Waals surface area contributed by atoms with Crippen LogP contribution < -0.4 is 5.32 Å². The third-order valence-electron chi connectivity index (χ3n) is 3.72. The molecule has 3 rings (SSSR count). The fraction of sp³-hybridized carbons (Fsp3) is 0.769. The maximum absolute atomic E-state index is 12.5. The van der Waals surface area contributed by atoms with Crippen molar-refractivity contribution >= 4 is 29.3 Å². The van der Waals surface area contributed by atoms with Gasteiger partial charge < -0.3 is 4.74 Å². The zero-order chi connectivity index (χ0) is 14.0. The Morgan fingerprint density at radius 3 is 2.90 bits per heavy atom. The molecule has 1 aromatic heterocycles. The Morgan fingerprint density at radius 2 is 2.35 bits per heavy atom. The SMILES string of the molecule is CCOC(=O)C(CSc1ncns1)(NC1CC1)C1CC1. The highest BCUT2D eigenvalue weighted by Crippen LogP contribution is 2.44. The van der Waals surface area contributed by atoms with Gasteiger partial charge in [-0.25, -0.2) is 4.98 Å². The lowest BCUT2D eigenvalue weighted by atomic mass is 9.95. The Kier molecular flexibility index (Phi) is 4.28. The maximum Gasteiger partial charge on any atom is 0.327 e. The van der Waals surface area contributed by atoms with Gasteiger partial charge in [0.1, 0.15) is 11.9 Å². The van der Waals surface area contributed by atoms with Crippen molar-refractivity contribution in [3.8, 4) is 0 Å². The fourth-order valence-electron chi connectivity index (χ4n) is 2.39. The van der Waals surface area contributed by atoms with Crippen LogP contribution in [0.4, 0.5) is 0 Å². The first-order valence-corrected chi connectivity index (χ1v) is 8.85. The quantitative estimate of drug-likeness (QED) is 0.586. The van der Waals surface area contributed by atoms with Crippen molar-refractivity contribution in [1.82, 2.24) is 14.7 Å². The molecule has 1 atom stereocenters. The van der Waals surface area contributed by atoms with E-state index in [1.165, 1.54) is 11.5 Å². The number of carbonyl (C=O) groups excluding carboxylic acids is 1. The third-order valence-corrected chi connectivity index (χ3v) is 5.71. The summed E-state index contributed by atoms with van der Waals surface area (Å²) < 4.78 is 10.3. The van der Waals surface area contributed by atoms with Gasteiger partial charge in [0.05, 0.1) is 6.61 Å². The van der Waals surface area contributed by atoms with Crippen LogP contribution in [0.2, 0.25) is 0 Å². The van der Waals surface area contributed by atoms with E-state index in [2.05, 4.69) is 14.7 Å². The van der Waals surface area contributed by atoms with Crippen LogP contribution in [-0.4, -0.2) is 39.3 Å². The second-order valence-electron chi connectivity index (χ2n) is 5.38. The Hall–Kier alpha value is -0.660. The molecule has 1 aromatic rings. The van der Waals surface area contributed by atoms with Crippen LogP contribution in [0.3, 0.4) is 0 Å². The van der Waals surface area contributed by atoms with Crippen molar-refractivity contribution in [2.45, 2.75) is 48.5 Å². The number of nitrogens with one attached hydrogen (secondary N) is 1. The molecule has 2 aliphatic rings. The minimum absolute atomic E-state index is 0.0913. The average Bonchev–Trinajstić information content (AvgIpc) is 3.35. The van der Waals surface area contributed by atoms with Crippen LogP contribution in [0.15, 0.2) is 10.7 Å². The van der Waals surface area contributed by atoms with E-state index in [0.29, 0.717) is 24.3 Å². The molecule has 0 amide bonds. The van der Waals surface area contributed by atoms with Gasteiger partial charge in [-0.05, 0) is 50.1 Å². The molecule has 0 aliphatic heterocycles. The molecule has 7 heteroatoms. The van der Waals surface area contributed by atoms with Crippen LogP contribution in [0.1, 0.15) is 32.6 Å². The molecule has 110 valence electrons. The second-order valence-corrected chi connectivity index (χ2v) is 7.38. The van der Waals surface area contributed by atoms with E-state index < -0.39 is 5.54 Å². The predicted octanol–water partition coefficient (Wildman–Crippen LogP) is 2.09. The van der Waals surface area contributed by atoms with Crippen molar-refractivity contribution in [1.29, 1.82) is 0 Å². The summed E-state index contributed by atoms with van der Waals surface area (Å²) in [6.07, 6.45) is 6.10. The third kappa shape index (κ3) is 3.15. The van der Waals surface area contributed by atoms with Gasteiger partial charge in [0.2, 0.25) is 0 Å². The van der Waals surface area contributed by atoms with Crippen LogP contribution in [0.25, 0.3) is 0 Å². The fourth-order valence-corrected chi connectivity index (χ4v) is 4.10. The molecular formula is C13H19N3O2S2. The lowest BCUT2D eigenvalue weighted by Gasteiger charge is -2.32. The Morgan fingerprint density at radius 1 is 1.55 bits per heavy atom. The maximum atomic E-state index is 12.5. The van der Waals surface area contributed by atoms with Gasteiger partial charge in [0.25, 0.3) is 0 Å². The minimum atomic E-state index is -0.534. The molecule has 0 spiro atoms. The van der Waals surface area contributed by atoms with Gasteiger partial charge in [-0.3, -0.25) is 10.1 Å². The summed E-state index contributed by atoms with van der Waals surface area (Å²) in [5, 5.41) is 3.57. The molecule has 2 aliphatic carbocycles. The lowest BCUT2D eigenvalue weighted by molar-refractivity contribution is -0.151. The van der Waals surface area contributed by atoms with Gasteiger partial charge in [-0.1, -0.05) is 11.8 Å². The van der Waals surface area contributed by atoms with Crippen LogP contribution in [0.5, 0.6) is 0 Å². The highest BCUT2D eigenvalue weighted by Gasteiger charge is 2.54. The van der Waals surface area contributed by atoms with Crippen LogP contribution >= 0.6 is 23.3 Å². The summed E-state index contributed by atoms with van der Waals surface area (Å²) in [6.45, 7) is 2.30. The number of rotatable bonds is 8. The van der Waals surface area contributed by atoms with Gasteiger partial charge in [-0.15, -0.1) is 0 Å². The summed E-state index contributed by atoms with van der Waals surface area (Å²) in [6, 6.07) is 0.482. The van der Waals surface area contributed by atoms with Crippen LogP contribution in [-0.2, 0) is 9.53 Å². The molecule has 0 radical (unpaired) electrons. The van der Waals surface area contributed by atoms with Crippen LogP contribution in [0, 0.1) is 5.92 Å². The molecule has 2 fully saturated rings. The summed E-state index contributed by atoms with van der Waals surface area (Å²) in [4.78, 5) is 16.7. The highest BCUT2D eigenvalue weighted by molar-refractivity contribution is 8.01. The highest BCUT2D eigenvalue weighted by atomic mass is 32.2. The van der Waals surface area contributed by atoms with Crippen molar-refractivity contribution in [2.24, 2.45) is 5.92 Å². The standard InChI is InChI=1S/C13H19N3O2S2/c1-2-18-11(17)13(9-3-4-9,16-10-5-6-10)7-19-12-14-8-15-20-12/h8-10,16H,2-7H2,1H3. The van der Waals surface area contributed by atoms with E-state index in [0.717, 1.165) is 30.0 Å². The zero-order valence-corrected chi connectivity index (χ0v) is 13.1. The number of thioether (sulfide) groups is 1. The van der Waals surface area contributed by atoms with E-state index in [9.17, 15) is 4.79 Å². The number of ether oxygens (including phenoxy) is 1. The normalized spacial score (nSPS) is 21.4. The molecule has 0 saturated heterocycles. The van der Waals surface area contributed by atoms with Crippen molar-refractivity contribution < 1.29 is 9.53 Å². The van der Waals surface area contributed by atoms with Gasteiger partial charge in [0, 0.05) is 11.8 Å². The van der Waals surface area contributed by atoms with Crippen molar-refractivity contribution in [3.63, 3.8) is 0 Å². The molecule has 0 aromatic carbocycles. The largest absolute Gasteiger partial charge is 0.465 e. The Balaban J connectivity index is 1.74. The minimum Gasteiger partial charge on any atom is -0.465 e. The summed E-state index contributed by atoms with van der Waals surface area (Å²) in [5.74, 6) is 0.997. The molecule has 1 heterocycles. The van der Waals surface area contributed by atoms with Gasteiger partial charge >= 0.3 is 5.97 Å². The first kappa shape index (κ1) is 14.3.